The molecule has 0 spiro atoms. The molecule has 6 nitrogen and oxygen atoms in total. The summed E-state index contributed by atoms with van der Waals surface area (Å²) in [5.41, 5.74) is 10.9. The zero-order valence-corrected chi connectivity index (χ0v) is 25.7. The second kappa shape index (κ2) is 12.6. The van der Waals surface area contributed by atoms with Crippen molar-refractivity contribution < 1.29 is 19.1 Å². The fourth-order valence-corrected chi connectivity index (χ4v) is 6.38. The van der Waals surface area contributed by atoms with Crippen LogP contribution in [0.5, 0.6) is 0 Å². The minimum Gasteiger partial charge on any atom is -0.439 e. The Morgan fingerprint density at radius 3 is 1.45 bits per heavy atom. The molecule has 0 aromatic heterocycles. The van der Waals surface area contributed by atoms with E-state index in [-0.39, 0.29) is 0 Å². The third-order valence-electron chi connectivity index (χ3n) is 8.62. The summed E-state index contributed by atoms with van der Waals surface area (Å²) in [4.78, 5) is 30.4. The van der Waals surface area contributed by atoms with Crippen molar-refractivity contribution in [1.29, 1.82) is 0 Å². The van der Waals surface area contributed by atoms with Crippen molar-refractivity contribution in [3.05, 3.63) is 130 Å². The van der Waals surface area contributed by atoms with E-state index >= 15 is 0 Å². The number of aryl methyl sites for hydroxylation is 2. The molecule has 0 radical (unpaired) electrons. The first-order valence-corrected chi connectivity index (χ1v) is 15.2. The van der Waals surface area contributed by atoms with Gasteiger partial charge in [0.2, 0.25) is 0 Å². The van der Waals surface area contributed by atoms with Crippen molar-refractivity contribution in [2.45, 2.75) is 39.1 Å². The maximum absolute atomic E-state index is 13.1. The van der Waals surface area contributed by atoms with Gasteiger partial charge < -0.3 is 9.47 Å². The average Bonchev–Trinajstić information content (AvgIpc) is 3.02. The minimum atomic E-state index is -0.594. The van der Waals surface area contributed by atoms with E-state index in [1.165, 1.54) is 12.2 Å². The second-order valence-corrected chi connectivity index (χ2v) is 11.9. The summed E-state index contributed by atoms with van der Waals surface area (Å²) < 4.78 is 12.0. The highest BCUT2D eigenvalue weighted by Gasteiger charge is 2.32. The normalized spacial score (nSPS) is 18.5. The largest absolute Gasteiger partial charge is 0.439 e. The molecule has 0 amide bonds. The van der Waals surface area contributed by atoms with E-state index in [9.17, 15) is 9.59 Å². The van der Waals surface area contributed by atoms with Gasteiger partial charge in [0.25, 0.3) is 0 Å². The Bertz CT molecular complexity index is 1620. The molecule has 0 saturated carbocycles. The molecule has 6 rings (SSSR count). The van der Waals surface area contributed by atoms with Crippen LogP contribution in [-0.2, 0) is 31.9 Å². The summed E-state index contributed by atoms with van der Waals surface area (Å²) in [6.07, 6.45) is 2.94. The molecule has 0 aliphatic carbocycles. The van der Waals surface area contributed by atoms with Gasteiger partial charge in [-0.25, -0.2) is 9.59 Å². The van der Waals surface area contributed by atoms with Crippen LogP contribution >= 0.6 is 0 Å². The topological polar surface area (TPSA) is 59.1 Å². The third kappa shape index (κ3) is 6.09. The van der Waals surface area contributed by atoms with Gasteiger partial charge in [0.1, 0.15) is 0 Å². The fourth-order valence-electron chi connectivity index (χ4n) is 6.38. The van der Waals surface area contributed by atoms with Crippen molar-refractivity contribution in [2.24, 2.45) is 0 Å². The zero-order valence-electron chi connectivity index (χ0n) is 25.7. The van der Waals surface area contributed by atoms with Crippen molar-refractivity contribution in [1.82, 2.24) is 9.80 Å². The van der Waals surface area contributed by atoms with Crippen LogP contribution < -0.4 is 0 Å². The molecule has 2 aliphatic heterocycles. The predicted molar refractivity (Wildman–Crippen MR) is 173 cm³/mol. The number of fused-ring (bicyclic) bond motifs is 2. The fraction of sp³-hybridized carbons (Fsp3) is 0.263. The highest BCUT2D eigenvalue weighted by Crippen LogP contribution is 2.39. The van der Waals surface area contributed by atoms with Crippen LogP contribution in [0.2, 0.25) is 0 Å². The first-order chi connectivity index (χ1) is 21.3. The Kier molecular flexibility index (Phi) is 8.47. The van der Waals surface area contributed by atoms with Gasteiger partial charge in [-0.15, -0.1) is 0 Å². The summed E-state index contributed by atoms with van der Waals surface area (Å²) in [5, 5.41) is 0. The number of carbonyl (C=O) groups excluding carboxylic acids is 2. The van der Waals surface area contributed by atoms with E-state index in [1.54, 1.807) is 0 Å². The van der Waals surface area contributed by atoms with Crippen LogP contribution in [0.4, 0.5) is 0 Å². The highest BCUT2D eigenvalue weighted by atomic mass is 16.6. The molecule has 0 fully saturated rings. The molecule has 0 bridgehead atoms. The Balaban J connectivity index is 1.21. The summed E-state index contributed by atoms with van der Waals surface area (Å²) in [7, 11) is 3.90. The molecule has 4 aromatic rings. The van der Waals surface area contributed by atoms with Gasteiger partial charge in [0.05, 0.1) is 0 Å². The lowest BCUT2D eigenvalue weighted by molar-refractivity contribution is -0.156. The van der Waals surface area contributed by atoms with E-state index < -0.39 is 24.4 Å². The van der Waals surface area contributed by atoms with Crippen LogP contribution in [-0.4, -0.2) is 48.9 Å². The van der Waals surface area contributed by atoms with Gasteiger partial charge in [-0.1, -0.05) is 96.1 Å². The third-order valence-corrected chi connectivity index (χ3v) is 8.62. The monoisotopic (exact) mass is 586 g/mol. The smallest absolute Gasteiger partial charge is 0.332 e. The first-order valence-electron chi connectivity index (χ1n) is 15.2. The molecule has 2 heterocycles. The zero-order chi connectivity index (χ0) is 30.8. The molecule has 2 atom stereocenters. The lowest BCUT2D eigenvalue weighted by Gasteiger charge is -2.35. The summed E-state index contributed by atoms with van der Waals surface area (Å²) in [6.45, 7) is 5.65. The standard InChI is InChI=1S/C38H38N2O4/c1-25-9-5-13-29(23-25)31-15-7-11-27-19-21-39(3)37(35(27)31)43-33(41)17-18-34(42)44-38-36-28(20-22-40(38)4)12-8-16-32(36)30-14-6-10-26(2)24-30/h5-18,23-24,37-38H,19-22H2,1-4H3/b18-17-. The van der Waals surface area contributed by atoms with Gasteiger partial charge in [-0.05, 0) is 74.2 Å². The lowest BCUT2D eigenvalue weighted by atomic mass is 9.89. The van der Waals surface area contributed by atoms with E-state index in [4.69, 9.17) is 9.47 Å². The van der Waals surface area contributed by atoms with Crippen LogP contribution in [0.3, 0.4) is 0 Å². The Hall–Kier alpha value is -4.52. The molecule has 0 N–H and O–H groups in total. The van der Waals surface area contributed by atoms with Crippen LogP contribution in [0.1, 0.15) is 45.8 Å². The Labute approximate surface area is 259 Å². The number of hydrogen-bond donors (Lipinski definition) is 0. The summed E-state index contributed by atoms with van der Waals surface area (Å²) in [5.74, 6) is -1.19. The van der Waals surface area contributed by atoms with Gasteiger partial charge >= 0.3 is 11.9 Å². The molecule has 4 aromatic carbocycles. The highest BCUT2D eigenvalue weighted by molar-refractivity contribution is 5.92. The quantitative estimate of drug-likeness (QED) is 0.180. The van der Waals surface area contributed by atoms with Crippen molar-refractivity contribution >= 4 is 11.9 Å². The van der Waals surface area contributed by atoms with Crippen molar-refractivity contribution in [3.8, 4) is 22.3 Å². The number of nitrogens with zero attached hydrogens (tertiary/aromatic N) is 2. The SMILES string of the molecule is Cc1cccc(-c2cccc3c2C(OC(=O)/C=C\C(=O)OC2c4c(cccc4-c4cccc(C)c4)CCN2C)N(C)CC3)c1. The van der Waals surface area contributed by atoms with Gasteiger partial charge in [-0.3, -0.25) is 9.80 Å². The molecule has 2 aliphatic rings. The molecule has 2 unspecified atom stereocenters. The molecular formula is C38H38N2O4. The lowest BCUT2D eigenvalue weighted by Crippen LogP contribution is -2.35. The molecule has 6 heteroatoms. The van der Waals surface area contributed by atoms with Gasteiger partial charge in [0, 0.05) is 36.4 Å². The van der Waals surface area contributed by atoms with E-state index in [0.29, 0.717) is 0 Å². The van der Waals surface area contributed by atoms with Crippen molar-refractivity contribution in [2.75, 3.05) is 27.2 Å². The maximum Gasteiger partial charge on any atom is 0.332 e. The van der Waals surface area contributed by atoms with Crippen molar-refractivity contribution in [3.63, 3.8) is 0 Å². The molecular weight excluding hydrogens is 548 g/mol. The van der Waals surface area contributed by atoms with Gasteiger partial charge in [-0.2, -0.15) is 0 Å². The number of benzene rings is 4. The van der Waals surface area contributed by atoms with Crippen LogP contribution in [0.25, 0.3) is 22.3 Å². The van der Waals surface area contributed by atoms with Crippen LogP contribution in [0, 0.1) is 13.8 Å². The first kappa shape index (κ1) is 29.5. The number of ether oxygens (including phenoxy) is 2. The number of likely N-dealkylation sites (N-methyl/N-ethyl adjacent to an activating group) is 2. The second-order valence-electron chi connectivity index (χ2n) is 11.9. The number of esters is 2. The molecule has 44 heavy (non-hydrogen) atoms. The molecule has 0 saturated heterocycles. The predicted octanol–water partition coefficient (Wildman–Crippen LogP) is 6.95. The number of carbonyl (C=O) groups is 2. The Morgan fingerprint density at radius 2 is 1.05 bits per heavy atom. The maximum atomic E-state index is 13.1. The van der Waals surface area contributed by atoms with E-state index in [0.717, 1.165) is 81.6 Å². The minimum absolute atomic E-state index is 0.572. The summed E-state index contributed by atoms with van der Waals surface area (Å²) in [6, 6.07) is 29.1. The van der Waals surface area contributed by atoms with E-state index in [2.05, 4.69) is 86.6 Å². The number of rotatable bonds is 6. The Morgan fingerprint density at radius 1 is 0.636 bits per heavy atom. The molecule has 224 valence electrons. The summed E-state index contributed by atoms with van der Waals surface area (Å²) >= 11 is 0. The van der Waals surface area contributed by atoms with E-state index in [1.807, 2.05) is 36.0 Å². The average molecular weight is 587 g/mol. The van der Waals surface area contributed by atoms with Crippen LogP contribution in [0.15, 0.2) is 97.1 Å². The van der Waals surface area contributed by atoms with Gasteiger partial charge in [0.15, 0.2) is 12.5 Å². The number of hydrogen-bond acceptors (Lipinski definition) is 6.